The number of aliphatic hydroxyl groups excluding tert-OH is 1. The number of aliphatic hydroxyl groups is 1. The SMILES string of the molecule is C=N/C(CO)=C(\SN)C(=O)N1CCC(N2CCN(C3CCN(C(=O)c4cc(C(F)(F)F)cc(C(F)(F)F)c4)C(Cc4ccccc4)C3)CC2)C1. The molecule has 50 heavy (non-hydrogen) atoms. The Labute approximate surface area is 290 Å². The van der Waals surface area contributed by atoms with Crippen LogP contribution in [-0.4, -0.2) is 114 Å². The van der Waals surface area contributed by atoms with Crippen LogP contribution in [-0.2, 0) is 23.6 Å². The molecule has 3 saturated heterocycles. The highest BCUT2D eigenvalue weighted by Gasteiger charge is 2.41. The molecular weight excluding hydrogens is 686 g/mol. The van der Waals surface area contributed by atoms with Crippen molar-refractivity contribution in [3.8, 4) is 0 Å². The number of piperazine rings is 1. The van der Waals surface area contributed by atoms with Gasteiger partial charge in [0.1, 0.15) is 4.91 Å². The average molecular weight is 727 g/mol. The third-order valence-electron chi connectivity index (χ3n) is 9.84. The van der Waals surface area contributed by atoms with Gasteiger partial charge < -0.3 is 14.9 Å². The molecule has 0 radical (unpaired) electrons. The molecule has 9 nitrogen and oxygen atoms in total. The molecule has 0 saturated carbocycles. The van der Waals surface area contributed by atoms with Crippen molar-refractivity contribution in [1.29, 1.82) is 0 Å². The lowest BCUT2D eigenvalue weighted by Crippen LogP contribution is -2.58. The normalized spacial score (nSPS) is 23.2. The third-order valence-corrected chi connectivity index (χ3v) is 10.5. The van der Waals surface area contributed by atoms with Gasteiger partial charge in [-0.05, 0) is 68.1 Å². The van der Waals surface area contributed by atoms with Crippen LogP contribution < -0.4 is 5.14 Å². The summed E-state index contributed by atoms with van der Waals surface area (Å²) in [5, 5.41) is 15.2. The van der Waals surface area contributed by atoms with Crippen LogP contribution in [0.2, 0.25) is 0 Å². The molecule has 0 spiro atoms. The maximum absolute atomic E-state index is 13.8. The Kier molecular flexibility index (Phi) is 12.0. The summed E-state index contributed by atoms with van der Waals surface area (Å²) in [6.07, 6.45) is -7.92. The van der Waals surface area contributed by atoms with E-state index in [0.717, 1.165) is 50.1 Å². The van der Waals surface area contributed by atoms with Crippen LogP contribution in [0.4, 0.5) is 26.3 Å². The summed E-state index contributed by atoms with van der Waals surface area (Å²) in [5.74, 6) is -1.15. The molecule has 2 aromatic rings. The number of halogens is 6. The van der Waals surface area contributed by atoms with E-state index in [0.29, 0.717) is 44.5 Å². The minimum absolute atomic E-state index is 0.0338. The lowest BCUT2D eigenvalue weighted by atomic mass is 9.90. The van der Waals surface area contributed by atoms with Gasteiger partial charge in [0, 0.05) is 69.5 Å². The first-order valence-corrected chi connectivity index (χ1v) is 17.2. The van der Waals surface area contributed by atoms with E-state index in [-0.39, 0.29) is 41.2 Å². The predicted molar refractivity (Wildman–Crippen MR) is 178 cm³/mol. The second-order valence-electron chi connectivity index (χ2n) is 12.8. The number of carbonyl (C=O) groups excluding carboxylic acids is 2. The number of carbonyl (C=O) groups is 2. The number of benzene rings is 2. The fraction of sp³-hybridized carbons (Fsp3) is 0.500. The van der Waals surface area contributed by atoms with Gasteiger partial charge in [0.25, 0.3) is 11.8 Å². The molecule has 272 valence electrons. The third kappa shape index (κ3) is 8.70. The lowest BCUT2D eigenvalue weighted by molar-refractivity contribution is -0.143. The van der Waals surface area contributed by atoms with E-state index < -0.39 is 47.6 Å². The Hall–Kier alpha value is -3.44. The van der Waals surface area contributed by atoms with Crippen LogP contribution >= 0.6 is 11.9 Å². The van der Waals surface area contributed by atoms with Crippen molar-refractivity contribution in [2.45, 2.75) is 56.2 Å². The van der Waals surface area contributed by atoms with Crippen molar-refractivity contribution in [1.82, 2.24) is 19.6 Å². The number of hydrogen-bond acceptors (Lipinski definition) is 8. The molecule has 2 aromatic carbocycles. The van der Waals surface area contributed by atoms with Gasteiger partial charge in [-0.3, -0.25) is 29.5 Å². The largest absolute Gasteiger partial charge is 0.416 e. The maximum Gasteiger partial charge on any atom is 0.416 e. The molecule has 3 aliphatic rings. The minimum atomic E-state index is -5.06. The van der Waals surface area contributed by atoms with Crippen LogP contribution in [0, 0.1) is 0 Å². The minimum Gasteiger partial charge on any atom is -0.390 e. The molecule has 3 fully saturated rings. The molecule has 0 aromatic heterocycles. The summed E-state index contributed by atoms with van der Waals surface area (Å²) in [5.41, 5.74) is -2.63. The van der Waals surface area contributed by atoms with E-state index >= 15 is 0 Å². The van der Waals surface area contributed by atoms with E-state index in [2.05, 4.69) is 21.5 Å². The Balaban J connectivity index is 1.27. The van der Waals surface area contributed by atoms with E-state index in [9.17, 15) is 41.0 Å². The number of hydrogen-bond donors (Lipinski definition) is 2. The standard InChI is InChI=1S/C34H40F6N6O3S/c1-42-29(21-47)30(50-41)32(49)45-9-7-27(20-45)44-13-11-43(12-14-44)26-8-10-46(28(19-26)15-22-5-3-2-4-6-22)31(48)23-16-24(33(35,36)37)18-25(17-23)34(38,39)40/h2-6,16-18,26-28,47H,1,7-15,19-21,41H2/b30-29-. The van der Waals surface area contributed by atoms with Crippen molar-refractivity contribution < 1.29 is 41.0 Å². The summed E-state index contributed by atoms with van der Waals surface area (Å²) in [6.45, 7) is 7.11. The molecule has 16 heteroatoms. The Bertz CT molecular complexity index is 1530. The summed E-state index contributed by atoms with van der Waals surface area (Å²) in [6, 6.07) is 10.1. The van der Waals surface area contributed by atoms with Gasteiger partial charge in [-0.1, -0.05) is 30.3 Å². The van der Waals surface area contributed by atoms with E-state index in [4.69, 9.17) is 5.14 Å². The first-order chi connectivity index (χ1) is 23.7. The van der Waals surface area contributed by atoms with Crippen molar-refractivity contribution in [2.24, 2.45) is 10.1 Å². The zero-order chi connectivity index (χ0) is 36.2. The predicted octanol–water partition coefficient (Wildman–Crippen LogP) is 4.67. The number of nitrogens with zero attached hydrogens (tertiary/aromatic N) is 5. The van der Waals surface area contributed by atoms with Crippen molar-refractivity contribution in [3.63, 3.8) is 0 Å². The van der Waals surface area contributed by atoms with Gasteiger partial charge in [0.2, 0.25) is 0 Å². The maximum atomic E-state index is 13.8. The summed E-state index contributed by atoms with van der Waals surface area (Å²) < 4.78 is 81.6. The van der Waals surface area contributed by atoms with Gasteiger partial charge in [-0.2, -0.15) is 26.3 Å². The molecule has 3 unspecified atom stereocenters. The summed E-state index contributed by atoms with van der Waals surface area (Å²) in [7, 11) is 0. The van der Waals surface area contributed by atoms with Crippen molar-refractivity contribution in [2.75, 3.05) is 52.4 Å². The second kappa shape index (κ2) is 15.8. The van der Waals surface area contributed by atoms with Crippen LogP contribution in [0.1, 0.15) is 46.3 Å². The quantitative estimate of drug-likeness (QED) is 0.168. The highest BCUT2D eigenvalue weighted by atomic mass is 32.2. The number of amides is 2. The van der Waals surface area contributed by atoms with E-state index in [1.165, 1.54) is 4.90 Å². The van der Waals surface area contributed by atoms with E-state index in [1.807, 2.05) is 30.3 Å². The van der Waals surface area contributed by atoms with Crippen LogP contribution in [0.15, 0.2) is 64.1 Å². The fourth-order valence-corrected chi connectivity index (χ4v) is 7.72. The number of alkyl halides is 6. The topological polar surface area (TPSA) is 106 Å². The van der Waals surface area contributed by atoms with Crippen molar-refractivity contribution in [3.05, 3.63) is 81.4 Å². The monoisotopic (exact) mass is 726 g/mol. The Morgan fingerprint density at radius 3 is 2.00 bits per heavy atom. The molecule has 3 heterocycles. The molecule has 0 aliphatic carbocycles. The Morgan fingerprint density at radius 1 is 0.880 bits per heavy atom. The van der Waals surface area contributed by atoms with Gasteiger partial charge >= 0.3 is 12.4 Å². The molecule has 2 amide bonds. The van der Waals surface area contributed by atoms with E-state index in [1.54, 1.807) is 4.90 Å². The number of aliphatic imine (C=N–C) groups is 1. The van der Waals surface area contributed by atoms with Crippen LogP contribution in [0.5, 0.6) is 0 Å². The second-order valence-corrected chi connectivity index (χ2v) is 13.4. The average Bonchev–Trinajstić information content (AvgIpc) is 3.60. The summed E-state index contributed by atoms with van der Waals surface area (Å²) in [4.78, 5) is 38.5. The van der Waals surface area contributed by atoms with Gasteiger partial charge in [-0.25, -0.2) is 0 Å². The first kappa shape index (κ1) is 37.8. The van der Waals surface area contributed by atoms with Crippen LogP contribution in [0.3, 0.4) is 0 Å². The zero-order valence-corrected chi connectivity index (χ0v) is 28.1. The van der Waals surface area contributed by atoms with Gasteiger partial charge in [-0.15, -0.1) is 0 Å². The first-order valence-electron chi connectivity index (χ1n) is 16.3. The molecular formula is C34H40F6N6O3S. The molecule has 0 bridgehead atoms. The fourth-order valence-electron chi connectivity index (χ4n) is 7.22. The highest BCUT2D eigenvalue weighted by Crippen LogP contribution is 2.37. The number of likely N-dealkylation sites (tertiary alicyclic amines) is 2. The summed E-state index contributed by atoms with van der Waals surface area (Å²) >= 11 is 0.739. The van der Waals surface area contributed by atoms with Crippen molar-refractivity contribution >= 4 is 30.5 Å². The molecule has 3 atom stereocenters. The van der Waals surface area contributed by atoms with Gasteiger partial charge in [0.15, 0.2) is 0 Å². The molecule has 3 N–H and O–H groups in total. The lowest BCUT2D eigenvalue weighted by Gasteiger charge is -2.47. The molecule has 5 rings (SSSR count). The number of rotatable bonds is 9. The Morgan fingerprint density at radius 2 is 1.46 bits per heavy atom. The molecule has 3 aliphatic heterocycles. The number of nitrogens with two attached hydrogens (primary N) is 1. The number of piperidine rings is 1. The highest BCUT2D eigenvalue weighted by molar-refractivity contribution is 8.01. The van der Waals surface area contributed by atoms with Crippen LogP contribution in [0.25, 0.3) is 0 Å². The van der Waals surface area contributed by atoms with Gasteiger partial charge in [0.05, 0.1) is 23.4 Å². The smallest absolute Gasteiger partial charge is 0.390 e. The zero-order valence-electron chi connectivity index (χ0n) is 27.3.